The second-order valence-corrected chi connectivity index (χ2v) is 4.28. The van der Waals surface area contributed by atoms with E-state index in [1.165, 1.54) is 12.4 Å². The summed E-state index contributed by atoms with van der Waals surface area (Å²) in [6.45, 7) is 5.26. The van der Waals surface area contributed by atoms with Gasteiger partial charge in [-0.1, -0.05) is 4.85 Å². The SMILES string of the molecule is CC(C)(C)OC(=O)On1cc(CCO)cn1. The summed E-state index contributed by atoms with van der Waals surface area (Å²) < 4.78 is 4.94. The molecule has 16 heavy (non-hydrogen) atoms. The van der Waals surface area contributed by atoms with Gasteiger partial charge < -0.3 is 9.84 Å². The molecule has 0 saturated carbocycles. The van der Waals surface area contributed by atoms with Gasteiger partial charge >= 0.3 is 6.16 Å². The minimum absolute atomic E-state index is 0.0259. The normalized spacial score (nSPS) is 11.2. The Morgan fingerprint density at radius 1 is 1.56 bits per heavy atom. The summed E-state index contributed by atoms with van der Waals surface area (Å²) in [5.41, 5.74) is 0.184. The molecule has 0 fully saturated rings. The Hall–Kier alpha value is -1.56. The zero-order valence-electron chi connectivity index (χ0n) is 9.64. The van der Waals surface area contributed by atoms with Crippen LogP contribution in [0.1, 0.15) is 26.3 Å². The lowest BCUT2D eigenvalue weighted by molar-refractivity contribution is -0.0172. The number of aliphatic hydroxyl groups excluding tert-OH is 1. The standard InChI is InChI=1S/C10H16N2O4/c1-10(2,3)15-9(14)16-12-7-8(4-5-13)6-11-12/h6-7,13H,4-5H2,1-3H3. The van der Waals surface area contributed by atoms with Gasteiger partial charge in [0.05, 0.1) is 12.4 Å². The molecule has 1 aromatic heterocycles. The summed E-state index contributed by atoms with van der Waals surface area (Å²) in [7, 11) is 0. The largest absolute Gasteiger partial charge is 0.535 e. The number of rotatable bonds is 3. The highest BCUT2D eigenvalue weighted by Gasteiger charge is 2.18. The maximum atomic E-state index is 11.2. The lowest BCUT2D eigenvalue weighted by Gasteiger charge is -2.17. The van der Waals surface area contributed by atoms with Crippen LogP contribution >= 0.6 is 0 Å². The van der Waals surface area contributed by atoms with Crippen LogP contribution in [0.2, 0.25) is 0 Å². The van der Waals surface area contributed by atoms with E-state index in [9.17, 15) is 4.79 Å². The second-order valence-electron chi connectivity index (χ2n) is 4.28. The Morgan fingerprint density at radius 3 is 2.81 bits per heavy atom. The predicted octanol–water partition coefficient (Wildman–Crippen LogP) is 0.782. The number of hydrogen-bond acceptors (Lipinski definition) is 5. The maximum Gasteiger partial charge on any atom is 0.535 e. The molecular formula is C10H16N2O4. The molecule has 1 aromatic rings. The van der Waals surface area contributed by atoms with Crippen LogP contribution in [0.3, 0.4) is 0 Å². The number of carbonyl (C=O) groups excluding carboxylic acids is 1. The second kappa shape index (κ2) is 4.98. The van der Waals surface area contributed by atoms with E-state index >= 15 is 0 Å². The van der Waals surface area contributed by atoms with Crippen LogP contribution in [0.4, 0.5) is 4.79 Å². The van der Waals surface area contributed by atoms with Crippen molar-refractivity contribution in [3.63, 3.8) is 0 Å². The zero-order valence-corrected chi connectivity index (χ0v) is 9.64. The molecule has 0 unspecified atom stereocenters. The molecule has 6 nitrogen and oxygen atoms in total. The molecule has 1 heterocycles. The van der Waals surface area contributed by atoms with E-state index in [0.717, 1.165) is 10.4 Å². The summed E-state index contributed by atoms with van der Waals surface area (Å²) in [4.78, 5) is 17.0. The third-order valence-electron chi connectivity index (χ3n) is 1.57. The molecule has 0 saturated heterocycles. The molecule has 0 bridgehead atoms. The highest BCUT2D eigenvalue weighted by atomic mass is 16.8. The molecule has 0 radical (unpaired) electrons. The Balaban J connectivity index is 2.50. The van der Waals surface area contributed by atoms with Crippen LogP contribution in [-0.2, 0) is 11.2 Å². The summed E-state index contributed by atoms with van der Waals surface area (Å²) in [6, 6.07) is 0. The maximum absolute atomic E-state index is 11.2. The van der Waals surface area contributed by atoms with Crippen LogP contribution < -0.4 is 4.84 Å². The number of ether oxygens (including phenoxy) is 1. The van der Waals surface area contributed by atoms with Crippen molar-refractivity contribution in [1.29, 1.82) is 0 Å². The monoisotopic (exact) mass is 228 g/mol. The number of carbonyl (C=O) groups is 1. The quantitative estimate of drug-likeness (QED) is 0.774. The molecule has 0 spiro atoms. The van der Waals surface area contributed by atoms with Crippen molar-refractivity contribution >= 4 is 6.16 Å². The summed E-state index contributed by atoms with van der Waals surface area (Å²) in [5.74, 6) is 0. The molecule has 6 heteroatoms. The van der Waals surface area contributed by atoms with Crippen LogP contribution in [0, 0.1) is 0 Å². The van der Waals surface area contributed by atoms with Crippen molar-refractivity contribution in [2.24, 2.45) is 0 Å². The molecule has 0 aliphatic carbocycles. The fourth-order valence-corrected chi connectivity index (χ4v) is 0.993. The summed E-state index contributed by atoms with van der Waals surface area (Å²) in [5, 5.41) is 12.5. The van der Waals surface area contributed by atoms with Crippen LogP contribution in [0.15, 0.2) is 12.4 Å². The topological polar surface area (TPSA) is 73.6 Å². The van der Waals surface area contributed by atoms with Crippen molar-refractivity contribution in [2.45, 2.75) is 32.8 Å². The fourth-order valence-electron chi connectivity index (χ4n) is 0.993. The highest BCUT2D eigenvalue weighted by molar-refractivity contribution is 5.60. The molecular weight excluding hydrogens is 212 g/mol. The van der Waals surface area contributed by atoms with E-state index in [0.29, 0.717) is 6.42 Å². The molecule has 0 atom stereocenters. The van der Waals surface area contributed by atoms with Gasteiger partial charge in [-0.15, -0.1) is 5.10 Å². The Morgan fingerprint density at radius 2 is 2.25 bits per heavy atom. The molecule has 0 aliphatic rings. The van der Waals surface area contributed by atoms with E-state index in [1.54, 1.807) is 20.8 Å². The van der Waals surface area contributed by atoms with Gasteiger partial charge in [0.2, 0.25) is 0 Å². The first-order chi connectivity index (χ1) is 7.40. The Bertz CT molecular complexity index is 354. The van der Waals surface area contributed by atoms with Crippen LogP contribution in [-0.4, -0.2) is 33.4 Å². The molecule has 1 N–H and O–H groups in total. The number of hydrogen-bond donors (Lipinski definition) is 1. The Kier molecular flexibility index (Phi) is 3.89. The fraction of sp³-hybridized carbons (Fsp3) is 0.600. The minimum Gasteiger partial charge on any atom is -0.427 e. The smallest absolute Gasteiger partial charge is 0.427 e. The highest BCUT2D eigenvalue weighted by Crippen LogP contribution is 2.07. The molecule has 1 rings (SSSR count). The van der Waals surface area contributed by atoms with Crippen molar-refractivity contribution < 1.29 is 19.5 Å². The first kappa shape index (κ1) is 12.5. The molecule has 90 valence electrons. The van der Waals surface area contributed by atoms with Gasteiger partial charge in [-0.3, -0.25) is 4.84 Å². The Labute approximate surface area is 93.7 Å². The van der Waals surface area contributed by atoms with Crippen LogP contribution in [0.5, 0.6) is 0 Å². The lowest BCUT2D eigenvalue weighted by atomic mass is 10.2. The average molecular weight is 228 g/mol. The van der Waals surface area contributed by atoms with Gasteiger partial charge in [-0.25, -0.2) is 4.79 Å². The number of nitrogens with zero attached hydrogens (tertiary/aromatic N) is 2. The van der Waals surface area contributed by atoms with Gasteiger partial charge in [-0.05, 0) is 32.8 Å². The van der Waals surface area contributed by atoms with E-state index < -0.39 is 11.8 Å². The molecule has 0 aliphatic heterocycles. The van der Waals surface area contributed by atoms with E-state index in [-0.39, 0.29) is 6.61 Å². The van der Waals surface area contributed by atoms with E-state index in [4.69, 9.17) is 14.7 Å². The predicted molar refractivity (Wildman–Crippen MR) is 55.8 cm³/mol. The van der Waals surface area contributed by atoms with Gasteiger partial charge in [0, 0.05) is 6.61 Å². The van der Waals surface area contributed by atoms with Crippen molar-refractivity contribution in [1.82, 2.24) is 9.94 Å². The summed E-state index contributed by atoms with van der Waals surface area (Å²) >= 11 is 0. The van der Waals surface area contributed by atoms with Gasteiger partial charge in [0.15, 0.2) is 0 Å². The van der Waals surface area contributed by atoms with E-state index in [1.807, 2.05) is 0 Å². The van der Waals surface area contributed by atoms with Crippen LogP contribution in [0.25, 0.3) is 0 Å². The lowest BCUT2D eigenvalue weighted by Crippen LogP contribution is -2.30. The minimum atomic E-state index is -0.814. The van der Waals surface area contributed by atoms with Crippen molar-refractivity contribution in [3.8, 4) is 0 Å². The average Bonchev–Trinajstić information content (AvgIpc) is 2.49. The number of aromatic nitrogens is 2. The van der Waals surface area contributed by atoms with Gasteiger partial charge in [-0.2, -0.15) is 0 Å². The van der Waals surface area contributed by atoms with Gasteiger partial charge in [0.1, 0.15) is 5.60 Å². The summed E-state index contributed by atoms with van der Waals surface area (Å²) in [6.07, 6.45) is 2.68. The van der Waals surface area contributed by atoms with Crippen molar-refractivity contribution in [2.75, 3.05) is 6.61 Å². The van der Waals surface area contributed by atoms with E-state index in [2.05, 4.69) is 5.10 Å². The number of aliphatic hydroxyl groups is 1. The molecule has 0 aromatic carbocycles. The third kappa shape index (κ3) is 4.31. The first-order valence-electron chi connectivity index (χ1n) is 4.96. The molecule has 0 amide bonds. The first-order valence-corrected chi connectivity index (χ1v) is 4.96. The van der Waals surface area contributed by atoms with Crippen molar-refractivity contribution in [3.05, 3.63) is 18.0 Å². The van der Waals surface area contributed by atoms with Gasteiger partial charge in [0.25, 0.3) is 0 Å². The zero-order chi connectivity index (χ0) is 12.2. The third-order valence-corrected chi connectivity index (χ3v) is 1.57.